The molecule has 1 heterocycles. The van der Waals surface area contributed by atoms with Crippen molar-refractivity contribution in [1.29, 1.82) is 0 Å². The number of carbonyl (C=O) groups is 1. The number of nitrogens with zero attached hydrogens (tertiary/aromatic N) is 2. The molecule has 1 atom stereocenters. The molecule has 0 aliphatic heterocycles. The predicted molar refractivity (Wildman–Crippen MR) is 98.6 cm³/mol. The van der Waals surface area contributed by atoms with E-state index in [-0.39, 0.29) is 11.9 Å². The van der Waals surface area contributed by atoms with E-state index in [4.69, 9.17) is 9.47 Å². The number of aromatic nitrogens is 2. The van der Waals surface area contributed by atoms with Gasteiger partial charge in [-0.25, -0.2) is 4.68 Å². The lowest BCUT2D eigenvalue weighted by molar-refractivity contribution is -0.116. The first kappa shape index (κ1) is 18.6. The normalized spacial score (nSPS) is 12.0. The van der Waals surface area contributed by atoms with Crippen molar-refractivity contribution in [2.75, 3.05) is 24.9 Å². The fraction of sp³-hybridized carbons (Fsp3) is 0.444. The van der Waals surface area contributed by atoms with E-state index in [1.165, 1.54) is 0 Å². The van der Waals surface area contributed by atoms with Crippen LogP contribution in [0.5, 0.6) is 11.5 Å². The fourth-order valence-electron chi connectivity index (χ4n) is 2.49. The molecule has 0 saturated heterocycles. The lowest BCUT2D eigenvalue weighted by Gasteiger charge is -2.19. The summed E-state index contributed by atoms with van der Waals surface area (Å²) in [5.41, 5.74) is 1.78. The number of amides is 1. The van der Waals surface area contributed by atoms with Gasteiger partial charge in [-0.15, -0.1) is 0 Å². The molecule has 136 valence electrons. The van der Waals surface area contributed by atoms with Gasteiger partial charge in [-0.3, -0.25) is 4.79 Å². The molecule has 25 heavy (non-hydrogen) atoms. The van der Waals surface area contributed by atoms with E-state index in [0.717, 1.165) is 11.3 Å². The molecule has 2 N–H and O–H groups in total. The van der Waals surface area contributed by atoms with Gasteiger partial charge in [0.1, 0.15) is 11.9 Å². The lowest BCUT2D eigenvalue weighted by Crippen LogP contribution is -2.33. The second-order valence-corrected chi connectivity index (χ2v) is 6.13. The van der Waals surface area contributed by atoms with Crippen LogP contribution in [0.25, 0.3) is 0 Å². The van der Waals surface area contributed by atoms with Crippen LogP contribution in [-0.2, 0) is 4.79 Å². The zero-order valence-corrected chi connectivity index (χ0v) is 15.6. The summed E-state index contributed by atoms with van der Waals surface area (Å²) < 4.78 is 12.4. The van der Waals surface area contributed by atoms with E-state index in [9.17, 15) is 4.79 Å². The van der Waals surface area contributed by atoms with Crippen LogP contribution in [0, 0.1) is 6.92 Å². The quantitative estimate of drug-likeness (QED) is 0.805. The van der Waals surface area contributed by atoms with E-state index in [1.807, 2.05) is 39.8 Å². The molecule has 7 nitrogen and oxygen atoms in total. The number of methoxy groups -OCH3 is 2. The highest BCUT2D eigenvalue weighted by Gasteiger charge is 2.17. The largest absolute Gasteiger partial charge is 0.493 e. The highest BCUT2D eigenvalue weighted by Crippen LogP contribution is 2.33. The SMILES string of the molecule is COc1cc(C)c(NC(C)C(=O)Nc2ccnn2C(C)C)cc1OC. The molecule has 0 radical (unpaired) electrons. The summed E-state index contributed by atoms with van der Waals surface area (Å²) in [6.45, 7) is 7.78. The number of carbonyl (C=O) groups excluding carboxylic acids is 1. The summed E-state index contributed by atoms with van der Waals surface area (Å²) in [7, 11) is 3.18. The minimum absolute atomic E-state index is 0.142. The van der Waals surface area contributed by atoms with Crippen molar-refractivity contribution in [3.05, 3.63) is 30.0 Å². The Labute approximate surface area is 148 Å². The molecule has 1 unspecified atom stereocenters. The van der Waals surface area contributed by atoms with Crippen molar-refractivity contribution in [3.8, 4) is 11.5 Å². The highest BCUT2D eigenvalue weighted by atomic mass is 16.5. The smallest absolute Gasteiger partial charge is 0.247 e. The van der Waals surface area contributed by atoms with E-state index >= 15 is 0 Å². The van der Waals surface area contributed by atoms with Gasteiger partial charge >= 0.3 is 0 Å². The van der Waals surface area contributed by atoms with Gasteiger partial charge in [-0.1, -0.05) is 0 Å². The minimum Gasteiger partial charge on any atom is -0.493 e. The number of rotatable bonds is 7. The van der Waals surface area contributed by atoms with Crippen molar-refractivity contribution < 1.29 is 14.3 Å². The zero-order valence-electron chi connectivity index (χ0n) is 15.6. The third-order valence-corrected chi connectivity index (χ3v) is 3.91. The summed E-state index contributed by atoms with van der Waals surface area (Å²) in [6, 6.07) is 5.22. The molecule has 1 aromatic carbocycles. The summed E-state index contributed by atoms with van der Waals surface area (Å²) in [6.07, 6.45) is 1.67. The molecule has 2 aromatic rings. The maximum absolute atomic E-state index is 12.5. The van der Waals surface area contributed by atoms with Crippen molar-refractivity contribution in [3.63, 3.8) is 0 Å². The monoisotopic (exact) mass is 346 g/mol. The van der Waals surface area contributed by atoms with Crippen LogP contribution in [-0.4, -0.2) is 35.9 Å². The number of ether oxygens (including phenoxy) is 2. The molecule has 2 rings (SSSR count). The van der Waals surface area contributed by atoms with Crippen molar-refractivity contribution in [1.82, 2.24) is 9.78 Å². The lowest BCUT2D eigenvalue weighted by atomic mass is 10.1. The topological polar surface area (TPSA) is 77.4 Å². The molecule has 0 spiro atoms. The van der Waals surface area contributed by atoms with Crippen LogP contribution in [0.3, 0.4) is 0 Å². The van der Waals surface area contributed by atoms with Crippen LogP contribution in [0.15, 0.2) is 24.4 Å². The Hall–Kier alpha value is -2.70. The first-order valence-electron chi connectivity index (χ1n) is 8.20. The average Bonchev–Trinajstić information content (AvgIpc) is 3.04. The molecular weight excluding hydrogens is 320 g/mol. The van der Waals surface area contributed by atoms with Crippen LogP contribution in [0.4, 0.5) is 11.5 Å². The first-order valence-corrected chi connectivity index (χ1v) is 8.20. The van der Waals surface area contributed by atoms with E-state index in [0.29, 0.717) is 17.3 Å². The van der Waals surface area contributed by atoms with Gasteiger partial charge in [0.05, 0.1) is 20.4 Å². The Balaban J connectivity index is 2.12. The third kappa shape index (κ3) is 4.23. The van der Waals surface area contributed by atoms with Gasteiger partial charge < -0.3 is 20.1 Å². The van der Waals surface area contributed by atoms with Crippen LogP contribution < -0.4 is 20.1 Å². The van der Waals surface area contributed by atoms with Crippen LogP contribution in [0.2, 0.25) is 0 Å². The van der Waals surface area contributed by atoms with E-state index in [2.05, 4.69) is 15.7 Å². The van der Waals surface area contributed by atoms with Crippen molar-refractivity contribution in [2.24, 2.45) is 0 Å². The molecule has 0 aliphatic carbocycles. The molecule has 1 aromatic heterocycles. The zero-order chi connectivity index (χ0) is 18.6. The number of hydrogen-bond acceptors (Lipinski definition) is 5. The Bertz CT molecular complexity index is 740. The van der Waals surface area contributed by atoms with Crippen molar-refractivity contribution >= 4 is 17.4 Å². The van der Waals surface area contributed by atoms with Gasteiger partial charge in [0.2, 0.25) is 5.91 Å². The summed E-state index contributed by atoms with van der Waals surface area (Å²) >= 11 is 0. The molecule has 0 fully saturated rings. The summed E-state index contributed by atoms with van der Waals surface area (Å²) in [4.78, 5) is 12.5. The molecule has 0 bridgehead atoms. The second kappa shape index (κ2) is 7.92. The van der Waals surface area contributed by atoms with Crippen LogP contribution in [0.1, 0.15) is 32.4 Å². The van der Waals surface area contributed by atoms with E-state index < -0.39 is 6.04 Å². The van der Waals surface area contributed by atoms with Gasteiger partial charge in [-0.05, 0) is 39.3 Å². The molecule has 0 saturated carbocycles. The Morgan fingerprint density at radius 2 is 1.80 bits per heavy atom. The van der Waals surface area contributed by atoms with E-state index in [1.54, 1.807) is 31.2 Å². The first-order chi connectivity index (χ1) is 11.9. The number of hydrogen-bond donors (Lipinski definition) is 2. The number of aryl methyl sites for hydroxylation is 1. The molecular formula is C18H26N4O3. The number of nitrogens with one attached hydrogen (secondary N) is 2. The number of anilines is 2. The maximum Gasteiger partial charge on any atom is 0.247 e. The maximum atomic E-state index is 12.5. The Morgan fingerprint density at radius 1 is 1.16 bits per heavy atom. The standard InChI is InChI=1S/C18H26N4O3/c1-11(2)22-17(7-8-19-22)21-18(23)13(4)20-14-10-16(25-6)15(24-5)9-12(14)3/h7-11,13,20H,1-6H3,(H,21,23). The Kier molecular flexibility index (Phi) is 5.90. The second-order valence-electron chi connectivity index (χ2n) is 6.13. The van der Waals surface area contributed by atoms with Gasteiger partial charge in [-0.2, -0.15) is 5.10 Å². The van der Waals surface area contributed by atoms with Gasteiger partial charge in [0, 0.05) is 23.9 Å². The van der Waals surface area contributed by atoms with Crippen molar-refractivity contribution in [2.45, 2.75) is 39.8 Å². The predicted octanol–water partition coefficient (Wildman–Crippen LogP) is 3.23. The minimum atomic E-state index is -0.438. The summed E-state index contributed by atoms with van der Waals surface area (Å²) in [5, 5.41) is 10.3. The van der Waals surface area contributed by atoms with Gasteiger partial charge in [0.25, 0.3) is 0 Å². The molecule has 1 amide bonds. The fourth-order valence-corrected chi connectivity index (χ4v) is 2.49. The third-order valence-electron chi connectivity index (χ3n) is 3.91. The van der Waals surface area contributed by atoms with Crippen LogP contribution >= 0.6 is 0 Å². The van der Waals surface area contributed by atoms with Gasteiger partial charge in [0.15, 0.2) is 11.5 Å². The molecule has 0 aliphatic rings. The average molecular weight is 346 g/mol. The molecule has 7 heteroatoms. The Morgan fingerprint density at radius 3 is 2.40 bits per heavy atom. The summed E-state index contributed by atoms with van der Waals surface area (Å²) in [5.74, 6) is 1.80. The number of benzene rings is 1. The highest BCUT2D eigenvalue weighted by molar-refractivity contribution is 5.95.